The van der Waals surface area contributed by atoms with E-state index in [1.165, 1.54) is 25.7 Å². The summed E-state index contributed by atoms with van der Waals surface area (Å²) in [5, 5.41) is 9.49. The number of benzene rings is 1. The van der Waals surface area contributed by atoms with Crippen molar-refractivity contribution in [3.8, 4) is 17.0 Å². The molecule has 1 aliphatic carbocycles. The number of rotatable bonds is 2. The number of fused-ring (bicyclic) bond motifs is 1. The number of hydrogen-bond acceptors (Lipinski definition) is 4. The zero-order chi connectivity index (χ0) is 15.1. The second kappa shape index (κ2) is 5.02. The Kier molecular flexibility index (Phi) is 2.99. The van der Waals surface area contributed by atoms with Crippen LogP contribution < -0.4 is 5.73 Å². The van der Waals surface area contributed by atoms with Gasteiger partial charge in [0, 0.05) is 23.9 Å². The van der Waals surface area contributed by atoms with Crippen molar-refractivity contribution in [3.05, 3.63) is 42.5 Å². The summed E-state index contributed by atoms with van der Waals surface area (Å²) in [6.07, 6.45) is 8.54. The molecule has 1 aliphatic rings. The van der Waals surface area contributed by atoms with Crippen LogP contribution in [0, 0.1) is 0 Å². The van der Waals surface area contributed by atoms with Gasteiger partial charge in [-0.1, -0.05) is 12.8 Å². The third-order valence-electron chi connectivity index (χ3n) is 4.47. The maximum Gasteiger partial charge on any atom is 0.150 e. The van der Waals surface area contributed by atoms with Crippen LogP contribution in [-0.4, -0.2) is 19.5 Å². The molecule has 3 aromatic rings. The summed E-state index contributed by atoms with van der Waals surface area (Å²) < 4.78 is 2.08. The molecular weight excluding hydrogens is 276 g/mol. The summed E-state index contributed by atoms with van der Waals surface area (Å²) >= 11 is 0. The van der Waals surface area contributed by atoms with E-state index in [0.29, 0.717) is 11.7 Å². The van der Waals surface area contributed by atoms with Crippen molar-refractivity contribution in [2.24, 2.45) is 0 Å². The first kappa shape index (κ1) is 13.1. The fourth-order valence-corrected chi connectivity index (χ4v) is 3.38. The molecule has 0 atom stereocenters. The molecule has 0 amide bonds. The normalized spacial score (nSPS) is 15.6. The van der Waals surface area contributed by atoms with Crippen molar-refractivity contribution in [1.29, 1.82) is 0 Å². The molecule has 0 spiro atoms. The first-order valence-electron chi connectivity index (χ1n) is 7.66. The summed E-state index contributed by atoms with van der Waals surface area (Å²) in [7, 11) is 0. The van der Waals surface area contributed by atoms with Gasteiger partial charge in [-0.05, 0) is 37.1 Å². The number of phenols is 1. The number of imidazole rings is 1. The van der Waals surface area contributed by atoms with Crippen LogP contribution in [0.5, 0.6) is 5.75 Å². The van der Waals surface area contributed by atoms with Crippen molar-refractivity contribution in [2.75, 3.05) is 5.73 Å². The molecule has 112 valence electrons. The van der Waals surface area contributed by atoms with Gasteiger partial charge in [0.15, 0.2) is 0 Å². The Morgan fingerprint density at radius 3 is 2.59 bits per heavy atom. The Balaban J connectivity index is 1.95. The minimum Gasteiger partial charge on any atom is -0.508 e. The largest absolute Gasteiger partial charge is 0.508 e. The molecule has 1 aromatic carbocycles. The maximum atomic E-state index is 9.49. The van der Waals surface area contributed by atoms with E-state index in [1.807, 2.05) is 18.3 Å². The smallest absolute Gasteiger partial charge is 0.150 e. The molecule has 0 aliphatic heterocycles. The van der Waals surface area contributed by atoms with Gasteiger partial charge in [-0.3, -0.25) is 4.40 Å². The van der Waals surface area contributed by atoms with Gasteiger partial charge < -0.3 is 10.8 Å². The Morgan fingerprint density at radius 1 is 1.14 bits per heavy atom. The van der Waals surface area contributed by atoms with Crippen LogP contribution in [0.15, 0.2) is 36.7 Å². The van der Waals surface area contributed by atoms with Crippen molar-refractivity contribution < 1.29 is 5.11 Å². The van der Waals surface area contributed by atoms with E-state index in [2.05, 4.69) is 9.38 Å². The molecule has 0 unspecified atom stereocenters. The standard InChI is InChI=1S/C17H18N4O/c18-16-15-14(11-5-7-13(22)8-6-11)20-17(12-3-1-2-4-12)21(15)10-9-19-16/h5-10,12,22H,1-4H2,(H2,18,19). The highest BCUT2D eigenvalue weighted by Crippen LogP contribution is 2.37. The Hall–Kier alpha value is -2.56. The van der Waals surface area contributed by atoms with Crippen LogP contribution >= 0.6 is 0 Å². The lowest BCUT2D eigenvalue weighted by Gasteiger charge is -2.07. The summed E-state index contributed by atoms with van der Waals surface area (Å²) in [5.41, 5.74) is 8.76. The van der Waals surface area contributed by atoms with Crippen molar-refractivity contribution >= 4 is 11.3 Å². The SMILES string of the molecule is Nc1nccn2c(C3CCCC3)nc(-c3ccc(O)cc3)c12. The predicted molar refractivity (Wildman–Crippen MR) is 85.7 cm³/mol. The van der Waals surface area contributed by atoms with Gasteiger partial charge in [0.2, 0.25) is 0 Å². The van der Waals surface area contributed by atoms with Crippen LogP contribution in [0.25, 0.3) is 16.8 Å². The second-order valence-corrected chi connectivity index (χ2v) is 5.88. The summed E-state index contributed by atoms with van der Waals surface area (Å²) in [6.45, 7) is 0. The van der Waals surface area contributed by atoms with Crippen molar-refractivity contribution in [2.45, 2.75) is 31.6 Å². The van der Waals surface area contributed by atoms with Crippen molar-refractivity contribution in [1.82, 2.24) is 14.4 Å². The zero-order valence-electron chi connectivity index (χ0n) is 12.2. The van der Waals surface area contributed by atoms with Gasteiger partial charge in [0.05, 0.1) is 0 Å². The summed E-state index contributed by atoms with van der Waals surface area (Å²) in [5.74, 6) is 2.29. The predicted octanol–water partition coefficient (Wildman–Crippen LogP) is 3.34. The van der Waals surface area contributed by atoms with Gasteiger partial charge in [0.25, 0.3) is 0 Å². The Morgan fingerprint density at radius 2 is 1.86 bits per heavy atom. The highest BCUT2D eigenvalue weighted by Gasteiger charge is 2.24. The fraction of sp³-hybridized carbons (Fsp3) is 0.294. The van der Waals surface area contributed by atoms with E-state index < -0.39 is 0 Å². The fourth-order valence-electron chi connectivity index (χ4n) is 3.38. The van der Waals surface area contributed by atoms with E-state index in [4.69, 9.17) is 10.7 Å². The molecule has 3 N–H and O–H groups in total. The molecule has 0 saturated heterocycles. The highest BCUT2D eigenvalue weighted by molar-refractivity contribution is 5.85. The van der Waals surface area contributed by atoms with Crippen LogP contribution in [0.4, 0.5) is 5.82 Å². The maximum absolute atomic E-state index is 9.49. The summed E-state index contributed by atoms with van der Waals surface area (Å²) in [6, 6.07) is 7.07. The van der Waals surface area contributed by atoms with Crippen LogP contribution in [0.2, 0.25) is 0 Å². The van der Waals surface area contributed by atoms with Gasteiger partial charge >= 0.3 is 0 Å². The molecule has 1 saturated carbocycles. The topological polar surface area (TPSA) is 76.4 Å². The molecular formula is C17H18N4O. The van der Waals surface area contributed by atoms with E-state index in [-0.39, 0.29) is 5.75 Å². The van der Waals surface area contributed by atoms with Crippen LogP contribution in [-0.2, 0) is 0 Å². The Labute approximate surface area is 128 Å². The number of anilines is 1. The number of phenolic OH excluding ortho intramolecular Hbond substituents is 1. The average Bonchev–Trinajstić information content (AvgIpc) is 3.15. The average molecular weight is 294 g/mol. The Bertz CT molecular complexity index is 817. The number of nitrogens with zero attached hydrogens (tertiary/aromatic N) is 3. The number of hydrogen-bond donors (Lipinski definition) is 2. The molecule has 2 heterocycles. The first-order chi connectivity index (χ1) is 10.7. The third kappa shape index (κ3) is 2.01. The quantitative estimate of drug-likeness (QED) is 0.760. The van der Waals surface area contributed by atoms with Gasteiger partial charge in [-0.25, -0.2) is 9.97 Å². The third-order valence-corrected chi connectivity index (χ3v) is 4.47. The summed E-state index contributed by atoms with van der Waals surface area (Å²) in [4.78, 5) is 9.11. The van der Waals surface area contributed by atoms with Crippen LogP contribution in [0.3, 0.4) is 0 Å². The molecule has 2 aromatic heterocycles. The minimum atomic E-state index is 0.245. The number of aromatic hydroxyl groups is 1. The van der Waals surface area contributed by atoms with Crippen LogP contribution in [0.1, 0.15) is 37.4 Å². The van der Waals surface area contributed by atoms with E-state index in [1.54, 1.807) is 18.3 Å². The minimum absolute atomic E-state index is 0.245. The molecule has 0 bridgehead atoms. The molecule has 22 heavy (non-hydrogen) atoms. The lowest BCUT2D eigenvalue weighted by molar-refractivity contribution is 0.475. The number of nitrogens with two attached hydrogens (primary N) is 1. The van der Waals surface area contributed by atoms with Gasteiger partial charge in [0.1, 0.15) is 28.6 Å². The number of nitrogen functional groups attached to an aromatic ring is 1. The van der Waals surface area contributed by atoms with E-state index in [0.717, 1.165) is 22.6 Å². The monoisotopic (exact) mass is 294 g/mol. The zero-order valence-corrected chi connectivity index (χ0v) is 12.2. The highest BCUT2D eigenvalue weighted by atomic mass is 16.3. The van der Waals surface area contributed by atoms with E-state index in [9.17, 15) is 5.11 Å². The lowest BCUT2D eigenvalue weighted by Crippen LogP contribution is -2.01. The first-order valence-corrected chi connectivity index (χ1v) is 7.66. The van der Waals surface area contributed by atoms with Gasteiger partial charge in [-0.2, -0.15) is 0 Å². The van der Waals surface area contributed by atoms with Gasteiger partial charge in [-0.15, -0.1) is 0 Å². The molecule has 4 rings (SSSR count). The molecule has 5 heteroatoms. The van der Waals surface area contributed by atoms with Crippen molar-refractivity contribution in [3.63, 3.8) is 0 Å². The number of aromatic nitrogens is 3. The molecule has 1 fully saturated rings. The second-order valence-electron chi connectivity index (χ2n) is 5.88. The lowest BCUT2D eigenvalue weighted by atomic mass is 10.1. The van der Waals surface area contributed by atoms with E-state index >= 15 is 0 Å². The molecule has 0 radical (unpaired) electrons. The molecule has 5 nitrogen and oxygen atoms in total.